The Morgan fingerprint density at radius 1 is 1.30 bits per heavy atom. The number of hydrogen-bond donors (Lipinski definition) is 1. The number of furan rings is 1. The van der Waals surface area contributed by atoms with E-state index in [1.165, 1.54) is 6.42 Å². The van der Waals surface area contributed by atoms with Crippen molar-refractivity contribution in [3.63, 3.8) is 0 Å². The van der Waals surface area contributed by atoms with E-state index in [2.05, 4.69) is 15.2 Å². The van der Waals surface area contributed by atoms with Crippen molar-refractivity contribution < 1.29 is 17.6 Å². The molecule has 1 N–H and O–H groups in total. The molecule has 3 rings (SSSR count). The molecule has 2 aromatic rings. The largest absolute Gasteiger partial charge is 0.468 e. The van der Waals surface area contributed by atoms with Gasteiger partial charge >= 0.3 is 6.18 Å². The fraction of sp³-hybridized carbons (Fsp3) is 0.533. The van der Waals surface area contributed by atoms with Crippen LogP contribution in [0.4, 0.5) is 18.3 Å². The average molecular weight is 345 g/mol. The second kappa shape index (κ2) is 6.92. The number of anilines is 1. The minimum atomic E-state index is -4.34. The molecule has 1 saturated heterocycles. The highest BCUT2D eigenvalue weighted by atomic mass is 32.1. The monoisotopic (exact) mass is 345 g/mol. The Labute approximate surface area is 136 Å². The van der Waals surface area contributed by atoms with Crippen molar-refractivity contribution >= 4 is 16.5 Å². The molecule has 0 spiro atoms. The van der Waals surface area contributed by atoms with Gasteiger partial charge in [-0.15, -0.1) is 0 Å². The van der Waals surface area contributed by atoms with Crippen LogP contribution in [-0.2, 0) is 6.18 Å². The van der Waals surface area contributed by atoms with E-state index in [0.717, 1.165) is 37.9 Å². The minimum absolute atomic E-state index is 0.00327. The summed E-state index contributed by atoms with van der Waals surface area (Å²) in [5.41, 5.74) is 0. The van der Waals surface area contributed by atoms with Gasteiger partial charge in [-0.2, -0.15) is 13.2 Å². The molecule has 4 nitrogen and oxygen atoms in total. The number of likely N-dealkylation sites (tertiary alicyclic amines) is 1. The summed E-state index contributed by atoms with van der Waals surface area (Å²) < 4.78 is 43.4. The molecular formula is C15H18F3N3OS. The van der Waals surface area contributed by atoms with E-state index in [-0.39, 0.29) is 11.2 Å². The first-order valence-electron chi connectivity index (χ1n) is 7.58. The van der Waals surface area contributed by atoms with Crippen molar-refractivity contribution in [2.24, 2.45) is 0 Å². The third kappa shape index (κ3) is 4.06. The fourth-order valence-corrected chi connectivity index (χ4v) is 3.48. The van der Waals surface area contributed by atoms with E-state index in [1.54, 1.807) is 6.26 Å². The molecule has 0 radical (unpaired) electrons. The zero-order chi connectivity index (χ0) is 16.3. The lowest BCUT2D eigenvalue weighted by Crippen LogP contribution is -2.37. The van der Waals surface area contributed by atoms with Gasteiger partial charge in [-0.3, -0.25) is 4.90 Å². The van der Waals surface area contributed by atoms with Crippen LogP contribution in [0, 0.1) is 0 Å². The second-order valence-corrected chi connectivity index (χ2v) is 6.57. The SMILES string of the molecule is FC(F)(F)c1cnc(NCC(c2ccco2)N2CCCCC2)s1. The molecule has 2 aromatic heterocycles. The first kappa shape index (κ1) is 16.3. The molecule has 1 fully saturated rings. The number of halogens is 3. The molecule has 1 atom stereocenters. The molecule has 1 aliphatic rings. The summed E-state index contributed by atoms with van der Waals surface area (Å²) in [6.45, 7) is 2.41. The van der Waals surface area contributed by atoms with Crippen LogP contribution in [0.25, 0.3) is 0 Å². The Balaban J connectivity index is 1.68. The molecule has 1 unspecified atom stereocenters. The smallest absolute Gasteiger partial charge is 0.427 e. The minimum Gasteiger partial charge on any atom is -0.468 e. The number of thiazole rings is 1. The zero-order valence-corrected chi connectivity index (χ0v) is 13.3. The molecule has 0 bridgehead atoms. The molecule has 8 heteroatoms. The number of rotatable bonds is 5. The first-order chi connectivity index (χ1) is 11.0. The van der Waals surface area contributed by atoms with Gasteiger partial charge in [0.15, 0.2) is 5.13 Å². The third-order valence-electron chi connectivity index (χ3n) is 3.93. The lowest BCUT2D eigenvalue weighted by atomic mass is 10.1. The molecule has 1 aliphatic heterocycles. The Morgan fingerprint density at radius 3 is 2.70 bits per heavy atom. The van der Waals surface area contributed by atoms with Crippen molar-refractivity contribution in [2.75, 3.05) is 25.0 Å². The number of hydrogen-bond acceptors (Lipinski definition) is 5. The summed E-state index contributed by atoms with van der Waals surface area (Å²) >= 11 is 0.629. The lowest BCUT2D eigenvalue weighted by molar-refractivity contribution is -0.134. The maximum atomic E-state index is 12.6. The van der Waals surface area contributed by atoms with Gasteiger partial charge < -0.3 is 9.73 Å². The average Bonchev–Trinajstić information content (AvgIpc) is 3.19. The summed E-state index contributed by atoms with van der Waals surface area (Å²) in [5, 5.41) is 3.31. The molecule has 0 saturated carbocycles. The van der Waals surface area contributed by atoms with E-state index in [1.807, 2.05) is 12.1 Å². The highest BCUT2D eigenvalue weighted by Crippen LogP contribution is 2.35. The predicted octanol–water partition coefficient (Wildman–Crippen LogP) is 4.39. The topological polar surface area (TPSA) is 41.3 Å². The Bertz CT molecular complexity index is 606. The maximum absolute atomic E-state index is 12.6. The van der Waals surface area contributed by atoms with Gasteiger partial charge in [-0.05, 0) is 38.1 Å². The van der Waals surface area contributed by atoms with E-state index in [4.69, 9.17) is 4.42 Å². The van der Waals surface area contributed by atoms with Crippen molar-refractivity contribution in [1.29, 1.82) is 0 Å². The van der Waals surface area contributed by atoms with Gasteiger partial charge in [-0.25, -0.2) is 4.98 Å². The van der Waals surface area contributed by atoms with E-state index < -0.39 is 11.1 Å². The molecule has 0 amide bonds. The molecule has 0 aromatic carbocycles. The number of piperidine rings is 1. The predicted molar refractivity (Wildman–Crippen MR) is 82.5 cm³/mol. The van der Waals surface area contributed by atoms with Crippen LogP contribution in [0.3, 0.4) is 0 Å². The van der Waals surface area contributed by atoms with Crippen LogP contribution in [-0.4, -0.2) is 29.5 Å². The van der Waals surface area contributed by atoms with Crippen LogP contribution >= 0.6 is 11.3 Å². The summed E-state index contributed by atoms with van der Waals surface area (Å²) in [4.78, 5) is 5.44. The molecular weight excluding hydrogens is 327 g/mol. The van der Waals surface area contributed by atoms with Crippen molar-refractivity contribution in [1.82, 2.24) is 9.88 Å². The van der Waals surface area contributed by atoms with Crippen molar-refractivity contribution in [3.05, 3.63) is 35.2 Å². The van der Waals surface area contributed by atoms with Gasteiger partial charge in [-0.1, -0.05) is 17.8 Å². The third-order valence-corrected chi connectivity index (χ3v) is 4.93. The van der Waals surface area contributed by atoms with Crippen LogP contribution in [0.1, 0.15) is 35.9 Å². The van der Waals surface area contributed by atoms with Gasteiger partial charge in [0, 0.05) is 6.54 Å². The molecule has 3 heterocycles. The maximum Gasteiger partial charge on any atom is 0.427 e. The van der Waals surface area contributed by atoms with Gasteiger partial charge in [0.1, 0.15) is 10.6 Å². The highest BCUT2D eigenvalue weighted by Gasteiger charge is 2.33. The van der Waals surface area contributed by atoms with Crippen LogP contribution in [0.2, 0.25) is 0 Å². The van der Waals surface area contributed by atoms with E-state index >= 15 is 0 Å². The van der Waals surface area contributed by atoms with E-state index in [9.17, 15) is 13.2 Å². The molecule has 23 heavy (non-hydrogen) atoms. The normalized spacial score (nSPS) is 18.0. The Hall–Kier alpha value is -1.54. The number of aromatic nitrogens is 1. The number of nitrogens with zero attached hydrogens (tertiary/aromatic N) is 2. The van der Waals surface area contributed by atoms with Crippen LogP contribution < -0.4 is 5.32 Å². The number of alkyl halides is 3. The Morgan fingerprint density at radius 2 is 2.09 bits per heavy atom. The summed E-state index contributed by atoms with van der Waals surface area (Å²) in [7, 11) is 0. The second-order valence-electron chi connectivity index (χ2n) is 5.54. The molecule has 0 aliphatic carbocycles. The summed E-state index contributed by atoms with van der Waals surface area (Å²) in [5.74, 6) is 0.826. The summed E-state index contributed by atoms with van der Waals surface area (Å²) in [6, 6.07) is 3.74. The van der Waals surface area contributed by atoms with Gasteiger partial charge in [0.05, 0.1) is 18.5 Å². The van der Waals surface area contributed by atoms with Crippen LogP contribution in [0.15, 0.2) is 29.0 Å². The van der Waals surface area contributed by atoms with Crippen molar-refractivity contribution in [2.45, 2.75) is 31.5 Å². The highest BCUT2D eigenvalue weighted by molar-refractivity contribution is 7.15. The fourth-order valence-electron chi connectivity index (χ4n) is 2.79. The van der Waals surface area contributed by atoms with Gasteiger partial charge in [0.25, 0.3) is 0 Å². The molecule has 126 valence electrons. The first-order valence-corrected chi connectivity index (χ1v) is 8.40. The van der Waals surface area contributed by atoms with Crippen LogP contribution in [0.5, 0.6) is 0 Å². The summed E-state index contributed by atoms with van der Waals surface area (Å²) in [6.07, 6.45) is 1.63. The lowest BCUT2D eigenvalue weighted by Gasteiger charge is -2.33. The quantitative estimate of drug-likeness (QED) is 0.872. The standard InChI is InChI=1S/C15H18F3N3OS/c16-15(17,18)13-10-20-14(23-13)19-9-11(12-5-4-8-22-12)21-6-2-1-3-7-21/h4-5,8,10-11H,1-3,6-7,9H2,(H,19,20). The van der Waals surface area contributed by atoms with E-state index in [0.29, 0.717) is 17.9 Å². The Kier molecular flexibility index (Phi) is 4.91. The van der Waals surface area contributed by atoms with Crippen molar-refractivity contribution in [3.8, 4) is 0 Å². The zero-order valence-electron chi connectivity index (χ0n) is 12.5. The number of nitrogens with one attached hydrogen (secondary N) is 1. The van der Waals surface area contributed by atoms with Gasteiger partial charge in [0.2, 0.25) is 0 Å².